The molecule has 2 heterocycles. The summed E-state index contributed by atoms with van der Waals surface area (Å²) in [6.07, 6.45) is 2.80. The molecular formula is C30H34N8O5. The molecule has 1 N–H and O–H groups in total. The van der Waals surface area contributed by atoms with E-state index in [1.54, 1.807) is 44.0 Å². The first kappa shape index (κ1) is 30.7. The quantitative estimate of drug-likeness (QED) is 0.147. The van der Waals surface area contributed by atoms with Gasteiger partial charge in [-0.05, 0) is 46.1 Å². The van der Waals surface area contributed by atoms with Crippen molar-refractivity contribution in [1.29, 1.82) is 5.26 Å². The fourth-order valence-electron chi connectivity index (χ4n) is 4.57. The van der Waals surface area contributed by atoms with Crippen LogP contribution in [0.4, 0.5) is 23.0 Å². The van der Waals surface area contributed by atoms with E-state index in [1.807, 2.05) is 42.9 Å². The highest BCUT2D eigenvalue weighted by molar-refractivity contribution is 6.03. The Balaban J connectivity index is 1.86. The van der Waals surface area contributed by atoms with Gasteiger partial charge in [-0.1, -0.05) is 0 Å². The fourth-order valence-corrected chi connectivity index (χ4v) is 4.57. The molecule has 0 saturated heterocycles. The Labute approximate surface area is 249 Å². The molecule has 0 spiro atoms. The Bertz CT molecular complexity index is 1720. The number of nitrogens with zero attached hydrogens (tertiary/aromatic N) is 7. The van der Waals surface area contributed by atoms with E-state index in [2.05, 4.69) is 21.4 Å². The van der Waals surface area contributed by atoms with Crippen LogP contribution in [-0.2, 0) is 11.8 Å². The molecule has 0 aliphatic heterocycles. The van der Waals surface area contributed by atoms with Crippen LogP contribution in [0, 0.1) is 21.4 Å². The molecule has 13 nitrogen and oxygen atoms in total. The van der Waals surface area contributed by atoms with Crippen LogP contribution >= 0.6 is 0 Å². The predicted octanol–water partition coefficient (Wildman–Crippen LogP) is 4.73. The number of anilines is 3. The van der Waals surface area contributed by atoms with Crippen LogP contribution in [0.1, 0.15) is 29.8 Å². The standard InChI is InChI=1S/C30H34N8O5/c1-18(2)43-29(39)22-17-32-30(34-28(22)21-12-19(16-31)13-24-20(21)8-9-36(24)5)33-23-14-26(38(40)41)25(15-27(23)42-7)37(6)11-10-35(3)4/h8-9,12-15,17-18H,10-11H2,1-7H3,(H,32,33,34). The van der Waals surface area contributed by atoms with Gasteiger partial charge in [0.15, 0.2) is 0 Å². The number of likely N-dealkylation sites (N-methyl/N-ethyl adjacent to an activating group) is 2. The lowest BCUT2D eigenvalue weighted by molar-refractivity contribution is -0.384. The molecule has 2 aromatic heterocycles. The van der Waals surface area contributed by atoms with Gasteiger partial charge < -0.3 is 29.2 Å². The van der Waals surface area contributed by atoms with Crippen molar-refractivity contribution in [1.82, 2.24) is 19.4 Å². The molecule has 43 heavy (non-hydrogen) atoms. The number of nitro groups is 1. The van der Waals surface area contributed by atoms with Gasteiger partial charge in [0.2, 0.25) is 5.95 Å². The average molecular weight is 587 g/mol. The van der Waals surface area contributed by atoms with Crippen molar-refractivity contribution < 1.29 is 19.2 Å². The van der Waals surface area contributed by atoms with Crippen LogP contribution in [0.3, 0.4) is 0 Å². The van der Waals surface area contributed by atoms with Crippen molar-refractivity contribution in [2.24, 2.45) is 7.05 Å². The third-order valence-corrected chi connectivity index (χ3v) is 6.77. The van der Waals surface area contributed by atoms with Crippen LogP contribution in [0.2, 0.25) is 0 Å². The molecular weight excluding hydrogens is 552 g/mol. The van der Waals surface area contributed by atoms with Gasteiger partial charge in [0, 0.05) is 68.2 Å². The number of carbonyl (C=O) groups is 1. The zero-order valence-corrected chi connectivity index (χ0v) is 25.2. The number of nitrogens with one attached hydrogen (secondary N) is 1. The van der Waals surface area contributed by atoms with Gasteiger partial charge in [0.25, 0.3) is 5.69 Å². The average Bonchev–Trinajstić information content (AvgIpc) is 3.34. The highest BCUT2D eigenvalue weighted by Crippen LogP contribution is 2.39. The SMILES string of the molecule is COc1cc(N(C)CCN(C)C)c([N+](=O)[O-])cc1Nc1ncc(C(=O)OC(C)C)c(-c2cc(C#N)cc3c2ccn3C)n1. The fraction of sp³-hybridized carbons (Fsp3) is 0.333. The maximum Gasteiger partial charge on any atom is 0.342 e. The number of carbonyl (C=O) groups excluding carboxylic acids is 1. The molecule has 4 rings (SSSR count). The summed E-state index contributed by atoms with van der Waals surface area (Å²) in [5.74, 6) is -0.229. The lowest BCUT2D eigenvalue weighted by Gasteiger charge is -2.23. The monoisotopic (exact) mass is 586 g/mol. The summed E-state index contributed by atoms with van der Waals surface area (Å²) >= 11 is 0. The lowest BCUT2D eigenvalue weighted by atomic mass is 10.0. The van der Waals surface area contributed by atoms with Crippen LogP contribution in [0.5, 0.6) is 5.75 Å². The van der Waals surface area contributed by atoms with E-state index < -0.39 is 10.9 Å². The van der Waals surface area contributed by atoms with E-state index in [-0.39, 0.29) is 34.7 Å². The maximum atomic E-state index is 13.1. The Morgan fingerprint density at radius 1 is 1.21 bits per heavy atom. The molecule has 2 aromatic carbocycles. The number of ether oxygens (including phenoxy) is 2. The molecule has 0 unspecified atom stereocenters. The minimum Gasteiger partial charge on any atom is -0.494 e. The molecule has 0 fully saturated rings. The summed E-state index contributed by atoms with van der Waals surface area (Å²) in [5.41, 5.74) is 2.56. The second-order valence-electron chi connectivity index (χ2n) is 10.6. The van der Waals surface area contributed by atoms with Gasteiger partial charge in [-0.15, -0.1) is 0 Å². The van der Waals surface area contributed by atoms with E-state index in [0.29, 0.717) is 35.7 Å². The predicted molar refractivity (Wildman–Crippen MR) is 164 cm³/mol. The summed E-state index contributed by atoms with van der Waals surface area (Å²) in [4.78, 5) is 37.6. The van der Waals surface area contributed by atoms with Crippen molar-refractivity contribution in [2.75, 3.05) is 51.6 Å². The minimum absolute atomic E-state index is 0.0591. The second-order valence-corrected chi connectivity index (χ2v) is 10.6. The van der Waals surface area contributed by atoms with Crippen molar-refractivity contribution in [3.63, 3.8) is 0 Å². The smallest absolute Gasteiger partial charge is 0.342 e. The van der Waals surface area contributed by atoms with Gasteiger partial charge in [0.05, 0.1) is 41.2 Å². The topological polar surface area (TPSA) is 152 Å². The largest absolute Gasteiger partial charge is 0.494 e. The zero-order valence-electron chi connectivity index (χ0n) is 25.2. The van der Waals surface area contributed by atoms with Gasteiger partial charge in [0.1, 0.15) is 17.0 Å². The van der Waals surface area contributed by atoms with Gasteiger partial charge >= 0.3 is 5.97 Å². The summed E-state index contributed by atoms with van der Waals surface area (Å²) in [7, 11) is 8.96. The van der Waals surface area contributed by atoms with E-state index in [0.717, 1.165) is 10.9 Å². The van der Waals surface area contributed by atoms with Crippen molar-refractivity contribution in [2.45, 2.75) is 20.0 Å². The number of aryl methyl sites for hydroxylation is 1. The van der Waals surface area contributed by atoms with Gasteiger partial charge in [-0.3, -0.25) is 10.1 Å². The number of nitriles is 1. The van der Waals surface area contributed by atoms with Crippen LogP contribution in [0.25, 0.3) is 22.2 Å². The first-order chi connectivity index (χ1) is 20.4. The molecule has 13 heteroatoms. The molecule has 0 amide bonds. The highest BCUT2D eigenvalue weighted by atomic mass is 16.6. The molecule has 0 bridgehead atoms. The third-order valence-electron chi connectivity index (χ3n) is 6.77. The molecule has 4 aromatic rings. The molecule has 0 aliphatic carbocycles. The molecule has 0 atom stereocenters. The number of hydrogen-bond donors (Lipinski definition) is 1. The molecule has 0 aliphatic rings. The lowest BCUT2D eigenvalue weighted by Crippen LogP contribution is -2.29. The number of rotatable bonds is 11. The van der Waals surface area contributed by atoms with Crippen LogP contribution in [0.15, 0.2) is 42.7 Å². The maximum absolute atomic E-state index is 13.1. The van der Waals surface area contributed by atoms with E-state index in [9.17, 15) is 20.2 Å². The van der Waals surface area contributed by atoms with Gasteiger partial charge in [-0.2, -0.15) is 5.26 Å². The Kier molecular flexibility index (Phi) is 9.11. The highest BCUT2D eigenvalue weighted by Gasteiger charge is 2.25. The van der Waals surface area contributed by atoms with Crippen molar-refractivity contribution >= 4 is 39.9 Å². The zero-order chi connectivity index (χ0) is 31.4. The van der Waals surface area contributed by atoms with E-state index >= 15 is 0 Å². The Hall–Kier alpha value is -5.22. The normalized spacial score (nSPS) is 11.1. The number of methoxy groups -OCH3 is 1. The summed E-state index contributed by atoms with van der Waals surface area (Å²) in [6.45, 7) is 4.72. The first-order valence-corrected chi connectivity index (χ1v) is 13.5. The number of fused-ring (bicyclic) bond motifs is 1. The van der Waals surface area contributed by atoms with E-state index in [4.69, 9.17) is 9.47 Å². The molecule has 0 radical (unpaired) electrons. The van der Waals surface area contributed by atoms with Crippen molar-refractivity contribution in [3.8, 4) is 23.1 Å². The first-order valence-electron chi connectivity index (χ1n) is 13.5. The number of aromatic nitrogens is 3. The third kappa shape index (κ3) is 6.65. The van der Waals surface area contributed by atoms with Crippen LogP contribution < -0.4 is 15.0 Å². The Morgan fingerprint density at radius 2 is 1.95 bits per heavy atom. The molecule has 0 saturated carbocycles. The summed E-state index contributed by atoms with van der Waals surface area (Å²) in [5, 5.41) is 25.6. The number of benzene rings is 2. The Morgan fingerprint density at radius 3 is 2.58 bits per heavy atom. The van der Waals surface area contributed by atoms with Gasteiger partial charge in [-0.25, -0.2) is 14.8 Å². The minimum atomic E-state index is -0.624. The molecule has 224 valence electrons. The number of nitro benzene ring substituents is 1. The number of hydrogen-bond acceptors (Lipinski definition) is 11. The summed E-state index contributed by atoms with van der Waals surface area (Å²) < 4.78 is 12.9. The number of esters is 1. The van der Waals surface area contributed by atoms with Crippen molar-refractivity contribution in [3.05, 3.63) is 64.0 Å². The van der Waals surface area contributed by atoms with E-state index in [1.165, 1.54) is 19.4 Å². The van der Waals surface area contributed by atoms with Crippen LogP contribution in [-0.4, -0.2) is 77.8 Å². The summed E-state index contributed by atoms with van der Waals surface area (Å²) in [6, 6.07) is 10.4. The second kappa shape index (κ2) is 12.7.